The second kappa shape index (κ2) is 3.56. The standard InChI is InChI=1S/C12H13N/c1-10-9-13-8-7-12(10)11-5-3-2-4-6-11/h2-6,8H,7,9H2,1H3. The summed E-state index contributed by atoms with van der Waals surface area (Å²) in [6, 6.07) is 10.6. The molecule has 0 bridgehead atoms. The van der Waals surface area contributed by atoms with Gasteiger partial charge in [0.15, 0.2) is 0 Å². The molecule has 66 valence electrons. The fourth-order valence-electron chi connectivity index (χ4n) is 1.63. The molecule has 1 aromatic rings. The molecule has 1 heteroatoms. The minimum absolute atomic E-state index is 0.865. The number of dihydropyridines is 1. The fourth-order valence-corrected chi connectivity index (χ4v) is 1.63. The van der Waals surface area contributed by atoms with Crippen molar-refractivity contribution in [3.8, 4) is 0 Å². The van der Waals surface area contributed by atoms with E-state index >= 15 is 0 Å². The second-order valence-electron chi connectivity index (χ2n) is 3.35. The molecular formula is C12H13N. The Bertz CT molecular complexity index is 347. The number of hydrogen-bond acceptors (Lipinski definition) is 1. The summed E-state index contributed by atoms with van der Waals surface area (Å²) in [7, 11) is 0. The van der Waals surface area contributed by atoms with E-state index in [1.807, 2.05) is 6.21 Å². The van der Waals surface area contributed by atoms with Gasteiger partial charge < -0.3 is 0 Å². The molecule has 0 unspecified atom stereocenters. The van der Waals surface area contributed by atoms with Gasteiger partial charge in [-0.25, -0.2) is 0 Å². The molecule has 1 heterocycles. The highest BCUT2D eigenvalue weighted by Gasteiger charge is 2.06. The Balaban J connectivity index is 2.36. The average Bonchev–Trinajstić information content (AvgIpc) is 2.20. The summed E-state index contributed by atoms with van der Waals surface area (Å²) in [6.07, 6.45) is 2.99. The van der Waals surface area contributed by atoms with Crippen LogP contribution in [0.3, 0.4) is 0 Å². The van der Waals surface area contributed by atoms with Crippen molar-refractivity contribution in [2.75, 3.05) is 6.54 Å². The molecule has 1 aromatic carbocycles. The van der Waals surface area contributed by atoms with Crippen LogP contribution in [0.1, 0.15) is 18.9 Å². The summed E-state index contributed by atoms with van der Waals surface area (Å²) in [5.41, 5.74) is 4.18. The molecule has 0 saturated heterocycles. The molecular weight excluding hydrogens is 158 g/mol. The van der Waals surface area contributed by atoms with Gasteiger partial charge in [-0.3, -0.25) is 4.99 Å². The Morgan fingerprint density at radius 1 is 1.15 bits per heavy atom. The van der Waals surface area contributed by atoms with E-state index in [0.717, 1.165) is 13.0 Å². The zero-order chi connectivity index (χ0) is 9.10. The molecule has 0 radical (unpaired) electrons. The van der Waals surface area contributed by atoms with E-state index in [2.05, 4.69) is 42.2 Å². The maximum absolute atomic E-state index is 4.25. The first-order chi connectivity index (χ1) is 6.38. The zero-order valence-electron chi connectivity index (χ0n) is 7.83. The summed E-state index contributed by atoms with van der Waals surface area (Å²) in [4.78, 5) is 4.25. The van der Waals surface area contributed by atoms with Crippen LogP contribution in [0, 0.1) is 0 Å². The van der Waals surface area contributed by atoms with Crippen molar-refractivity contribution in [1.29, 1.82) is 0 Å². The van der Waals surface area contributed by atoms with Crippen molar-refractivity contribution < 1.29 is 0 Å². The average molecular weight is 171 g/mol. The molecule has 13 heavy (non-hydrogen) atoms. The van der Waals surface area contributed by atoms with Gasteiger partial charge in [0.1, 0.15) is 0 Å². The van der Waals surface area contributed by atoms with Crippen LogP contribution in [0.2, 0.25) is 0 Å². The Hall–Kier alpha value is -1.37. The third-order valence-electron chi connectivity index (χ3n) is 2.39. The normalized spacial score (nSPS) is 16.4. The lowest BCUT2D eigenvalue weighted by atomic mass is 9.97. The quantitative estimate of drug-likeness (QED) is 0.616. The molecule has 2 rings (SSSR count). The lowest BCUT2D eigenvalue weighted by Crippen LogP contribution is -1.99. The molecule has 0 spiro atoms. The van der Waals surface area contributed by atoms with Crippen LogP contribution < -0.4 is 0 Å². The molecule has 0 aromatic heterocycles. The third-order valence-corrected chi connectivity index (χ3v) is 2.39. The SMILES string of the molecule is CC1=C(c2ccccc2)CC=NC1. The van der Waals surface area contributed by atoms with Crippen molar-refractivity contribution >= 4 is 11.8 Å². The zero-order valence-corrected chi connectivity index (χ0v) is 7.83. The van der Waals surface area contributed by atoms with Crippen molar-refractivity contribution in [3.05, 3.63) is 41.5 Å². The highest BCUT2D eigenvalue weighted by molar-refractivity contribution is 5.83. The topological polar surface area (TPSA) is 12.4 Å². The minimum Gasteiger partial charge on any atom is -0.293 e. The molecule has 0 atom stereocenters. The van der Waals surface area contributed by atoms with E-state index in [1.54, 1.807) is 0 Å². The van der Waals surface area contributed by atoms with Crippen LogP contribution in [0.25, 0.3) is 5.57 Å². The van der Waals surface area contributed by atoms with E-state index in [9.17, 15) is 0 Å². The predicted octanol–water partition coefficient (Wildman–Crippen LogP) is 2.93. The van der Waals surface area contributed by atoms with E-state index in [0.29, 0.717) is 0 Å². The molecule has 0 saturated carbocycles. The van der Waals surface area contributed by atoms with E-state index in [1.165, 1.54) is 16.7 Å². The van der Waals surface area contributed by atoms with Crippen LogP contribution in [0.15, 0.2) is 40.9 Å². The molecule has 1 nitrogen and oxygen atoms in total. The van der Waals surface area contributed by atoms with Gasteiger partial charge in [0.05, 0.1) is 6.54 Å². The highest BCUT2D eigenvalue weighted by Crippen LogP contribution is 2.23. The van der Waals surface area contributed by atoms with Crippen LogP contribution in [0.4, 0.5) is 0 Å². The van der Waals surface area contributed by atoms with E-state index in [4.69, 9.17) is 0 Å². The van der Waals surface area contributed by atoms with Crippen molar-refractivity contribution in [2.45, 2.75) is 13.3 Å². The van der Waals surface area contributed by atoms with E-state index in [-0.39, 0.29) is 0 Å². The van der Waals surface area contributed by atoms with Crippen LogP contribution in [0.5, 0.6) is 0 Å². The van der Waals surface area contributed by atoms with Gasteiger partial charge in [-0.2, -0.15) is 0 Å². The number of rotatable bonds is 1. The smallest absolute Gasteiger partial charge is 0.0599 e. The fraction of sp³-hybridized carbons (Fsp3) is 0.250. The van der Waals surface area contributed by atoms with Crippen LogP contribution >= 0.6 is 0 Å². The number of aliphatic imine (C=N–C) groups is 1. The highest BCUT2D eigenvalue weighted by atomic mass is 14.7. The Kier molecular flexibility index (Phi) is 2.26. The summed E-state index contributed by atoms with van der Waals surface area (Å²) < 4.78 is 0. The molecule has 1 aliphatic rings. The van der Waals surface area contributed by atoms with Crippen molar-refractivity contribution in [3.63, 3.8) is 0 Å². The van der Waals surface area contributed by atoms with E-state index < -0.39 is 0 Å². The minimum atomic E-state index is 0.865. The Morgan fingerprint density at radius 2 is 1.92 bits per heavy atom. The Morgan fingerprint density at radius 3 is 2.62 bits per heavy atom. The monoisotopic (exact) mass is 171 g/mol. The van der Waals surface area contributed by atoms with Gasteiger partial charge in [0.2, 0.25) is 0 Å². The summed E-state index contributed by atoms with van der Waals surface area (Å²) in [5.74, 6) is 0. The van der Waals surface area contributed by atoms with Gasteiger partial charge in [-0.15, -0.1) is 0 Å². The lowest BCUT2D eigenvalue weighted by Gasteiger charge is -2.12. The van der Waals surface area contributed by atoms with Gasteiger partial charge in [0.25, 0.3) is 0 Å². The third kappa shape index (κ3) is 1.69. The predicted molar refractivity (Wildman–Crippen MR) is 57.0 cm³/mol. The first-order valence-electron chi connectivity index (χ1n) is 4.60. The molecule has 0 fully saturated rings. The number of nitrogens with zero attached hydrogens (tertiary/aromatic N) is 1. The summed E-state index contributed by atoms with van der Waals surface area (Å²) >= 11 is 0. The first kappa shape index (κ1) is 8.24. The second-order valence-corrected chi connectivity index (χ2v) is 3.35. The summed E-state index contributed by atoms with van der Waals surface area (Å²) in [5, 5.41) is 0. The number of allylic oxidation sites excluding steroid dienone is 1. The van der Waals surface area contributed by atoms with Crippen molar-refractivity contribution in [2.24, 2.45) is 4.99 Å². The first-order valence-corrected chi connectivity index (χ1v) is 4.60. The largest absolute Gasteiger partial charge is 0.293 e. The van der Waals surface area contributed by atoms with Gasteiger partial charge >= 0.3 is 0 Å². The van der Waals surface area contributed by atoms with Gasteiger partial charge in [-0.05, 0) is 23.6 Å². The van der Waals surface area contributed by atoms with Gasteiger partial charge in [0, 0.05) is 12.6 Å². The maximum Gasteiger partial charge on any atom is 0.0599 e. The molecule has 0 aliphatic carbocycles. The lowest BCUT2D eigenvalue weighted by molar-refractivity contribution is 1.10. The Labute approximate surface area is 78.8 Å². The van der Waals surface area contributed by atoms with Gasteiger partial charge in [-0.1, -0.05) is 30.3 Å². The molecule has 0 N–H and O–H groups in total. The number of benzene rings is 1. The van der Waals surface area contributed by atoms with Crippen LogP contribution in [-0.4, -0.2) is 12.8 Å². The van der Waals surface area contributed by atoms with Crippen LogP contribution in [-0.2, 0) is 0 Å². The molecule has 0 amide bonds. The summed E-state index contributed by atoms with van der Waals surface area (Å²) in [6.45, 7) is 3.03. The van der Waals surface area contributed by atoms with Crippen molar-refractivity contribution in [1.82, 2.24) is 0 Å². The number of hydrogen-bond donors (Lipinski definition) is 0. The maximum atomic E-state index is 4.25. The molecule has 1 aliphatic heterocycles.